The van der Waals surface area contributed by atoms with Crippen LogP contribution >= 0.6 is 0 Å². The Balaban J connectivity index is 2.74. The van der Waals surface area contributed by atoms with Gasteiger partial charge in [0, 0.05) is 13.1 Å². The molecular formula is C18H28F3N3O2. The predicted molar refractivity (Wildman–Crippen MR) is 96.8 cm³/mol. The summed E-state index contributed by atoms with van der Waals surface area (Å²) in [5, 5.41) is 6.42. The van der Waals surface area contributed by atoms with Gasteiger partial charge in [0.25, 0.3) is 0 Å². The first-order valence-corrected chi connectivity index (χ1v) is 8.63. The molecule has 0 unspecified atom stereocenters. The van der Waals surface area contributed by atoms with Gasteiger partial charge in [0.2, 0.25) is 0 Å². The number of halogens is 3. The maximum atomic E-state index is 12.3. The maximum Gasteiger partial charge on any atom is 0.422 e. The average Bonchev–Trinajstić information content (AvgIpc) is 2.57. The van der Waals surface area contributed by atoms with Gasteiger partial charge in [-0.1, -0.05) is 19.9 Å². The van der Waals surface area contributed by atoms with Crippen molar-refractivity contribution in [2.45, 2.75) is 39.9 Å². The number of hydrogen-bond acceptors (Lipinski definition) is 3. The second-order valence-electron chi connectivity index (χ2n) is 6.19. The topological polar surface area (TPSA) is 54.9 Å². The van der Waals surface area contributed by atoms with Crippen LogP contribution in [0.3, 0.4) is 0 Å². The first kappa shape index (κ1) is 21.9. The van der Waals surface area contributed by atoms with E-state index in [1.807, 2.05) is 6.92 Å². The predicted octanol–water partition coefficient (Wildman–Crippen LogP) is 3.74. The van der Waals surface area contributed by atoms with Crippen LogP contribution in [0.15, 0.2) is 23.2 Å². The highest BCUT2D eigenvalue weighted by molar-refractivity contribution is 5.79. The number of ether oxygens (including phenoxy) is 2. The minimum Gasteiger partial charge on any atom is -0.493 e. The van der Waals surface area contributed by atoms with Crippen molar-refractivity contribution in [3.05, 3.63) is 23.8 Å². The molecule has 26 heavy (non-hydrogen) atoms. The van der Waals surface area contributed by atoms with Gasteiger partial charge in [0.15, 0.2) is 24.1 Å². The van der Waals surface area contributed by atoms with Crippen LogP contribution < -0.4 is 20.1 Å². The number of guanidine groups is 1. The zero-order valence-corrected chi connectivity index (χ0v) is 15.7. The van der Waals surface area contributed by atoms with Crippen LogP contribution in [0.1, 0.15) is 32.8 Å². The molecule has 0 aliphatic heterocycles. The second kappa shape index (κ2) is 10.8. The monoisotopic (exact) mass is 375 g/mol. The van der Waals surface area contributed by atoms with E-state index in [4.69, 9.17) is 9.47 Å². The number of rotatable bonds is 9. The van der Waals surface area contributed by atoms with Crippen LogP contribution in [-0.2, 0) is 6.54 Å². The van der Waals surface area contributed by atoms with E-state index < -0.39 is 12.8 Å². The van der Waals surface area contributed by atoms with Crippen LogP contribution in [0.2, 0.25) is 0 Å². The molecule has 0 fully saturated rings. The molecule has 0 aliphatic rings. The number of nitrogens with one attached hydrogen (secondary N) is 2. The number of alkyl halides is 3. The molecule has 1 aromatic carbocycles. The molecule has 0 aliphatic carbocycles. The Labute approximate surface area is 153 Å². The van der Waals surface area contributed by atoms with Crippen LogP contribution in [0, 0.1) is 5.92 Å². The molecule has 0 bridgehead atoms. The van der Waals surface area contributed by atoms with Crippen molar-refractivity contribution >= 4 is 5.96 Å². The molecular weight excluding hydrogens is 347 g/mol. The third-order valence-electron chi connectivity index (χ3n) is 3.40. The molecule has 0 atom stereocenters. The third-order valence-corrected chi connectivity index (χ3v) is 3.40. The van der Waals surface area contributed by atoms with Crippen LogP contribution in [-0.4, -0.2) is 38.9 Å². The van der Waals surface area contributed by atoms with Crippen LogP contribution in [0.5, 0.6) is 11.5 Å². The van der Waals surface area contributed by atoms with Crippen molar-refractivity contribution in [1.82, 2.24) is 10.6 Å². The van der Waals surface area contributed by atoms with Crippen molar-refractivity contribution in [3.63, 3.8) is 0 Å². The molecule has 8 heteroatoms. The number of aliphatic imine (C=N–C) groups is 1. The summed E-state index contributed by atoms with van der Waals surface area (Å²) in [5.74, 6) is 1.60. The first-order chi connectivity index (χ1) is 12.2. The lowest BCUT2D eigenvalue weighted by Gasteiger charge is -2.14. The zero-order chi connectivity index (χ0) is 19.6. The van der Waals surface area contributed by atoms with Crippen LogP contribution in [0.25, 0.3) is 0 Å². The molecule has 0 spiro atoms. The third kappa shape index (κ3) is 8.82. The quantitative estimate of drug-likeness (QED) is 0.510. The lowest BCUT2D eigenvalue weighted by Crippen LogP contribution is -2.38. The van der Waals surface area contributed by atoms with Gasteiger partial charge in [0.05, 0.1) is 13.7 Å². The molecule has 0 radical (unpaired) electrons. The molecule has 0 saturated carbocycles. The summed E-state index contributed by atoms with van der Waals surface area (Å²) in [4.78, 5) is 4.49. The lowest BCUT2D eigenvalue weighted by atomic mass is 10.1. The standard InChI is InChI=1S/C18H28F3N3O2/c1-5-22-17(23-9-8-13(2)3)24-11-14-6-7-15(16(10-14)25-4)26-12-18(19,20)21/h6-7,10,13H,5,8-9,11-12H2,1-4H3,(H2,22,23,24). The summed E-state index contributed by atoms with van der Waals surface area (Å²) in [6.45, 7) is 6.85. The number of nitrogens with zero attached hydrogens (tertiary/aromatic N) is 1. The van der Waals surface area contributed by atoms with E-state index in [2.05, 4.69) is 29.5 Å². The Morgan fingerprint density at radius 2 is 1.92 bits per heavy atom. The molecule has 0 amide bonds. The van der Waals surface area contributed by atoms with E-state index in [0.717, 1.165) is 25.1 Å². The van der Waals surface area contributed by atoms with Gasteiger partial charge in [-0.05, 0) is 37.0 Å². The minimum absolute atomic E-state index is 0.0551. The molecule has 0 saturated heterocycles. The van der Waals surface area contributed by atoms with Gasteiger partial charge in [-0.2, -0.15) is 13.2 Å². The molecule has 1 rings (SSSR count). The number of methoxy groups -OCH3 is 1. The Kier molecular flexibility index (Phi) is 9.09. The van der Waals surface area contributed by atoms with E-state index >= 15 is 0 Å². The molecule has 148 valence electrons. The van der Waals surface area contributed by atoms with Gasteiger partial charge in [-0.15, -0.1) is 0 Å². The summed E-state index contributed by atoms with van der Waals surface area (Å²) >= 11 is 0. The lowest BCUT2D eigenvalue weighted by molar-refractivity contribution is -0.153. The number of benzene rings is 1. The fraction of sp³-hybridized carbons (Fsp3) is 0.611. The van der Waals surface area contributed by atoms with E-state index in [1.54, 1.807) is 12.1 Å². The van der Waals surface area contributed by atoms with Crippen molar-refractivity contribution in [1.29, 1.82) is 0 Å². The second-order valence-corrected chi connectivity index (χ2v) is 6.19. The highest BCUT2D eigenvalue weighted by Gasteiger charge is 2.29. The zero-order valence-electron chi connectivity index (χ0n) is 15.7. The summed E-state index contributed by atoms with van der Waals surface area (Å²) in [6, 6.07) is 4.77. The van der Waals surface area contributed by atoms with Gasteiger partial charge >= 0.3 is 6.18 Å². The Bertz CT molecular complexity index is 575. The number of hydrogen-bond donors (Lipinski definition) is 2. The van der Waals surface area contributed by atoms with Gasteiger partial charge in [0.1, 0.15) is 0 Å². The highest BCUT2D eigenvalue weighted by Crippen LogP contribution is 2.30. The van der Waals surface area contributed by atoms with Crippen molar-refractivity contribution in [3.8, 4) is 11.5 Å². The first-order valence-electron chi connectivity index (χ1n) is 8.63. The summed E-state index contributed by atoms with van der Waals surface area (Å²) < 4.78 is 46.8. The Morgan fingerprint density at radius 1 is 1.19 bits per heavy atom. The van der Waals surface area contributed by atoms with E-state index in [1.165, 1.54) is 13.2 Å². The summed E-state index contributed by atoms with van der Waals surface area (Å²) in [7, 11) is 1.39. The molecule has 0 heterocycles. The van der Waals surface area contributed by atoms with Crippen molar-refractivity contribution in [2.75, 3.05) is 26.8 Å². The largest absolute Gasteiger partial charge is 0.493 e. The Morgan fingerprint density at radius 3 is 2.50 bits per heavy atom. The average molecular weight is 375 g/mol. The normalized spacial score (nSPS) is 12.2. The molecule has 1 aromatic rings. The Hall–Kier alpha value is -2.12. The molecule has 2 N–H and O–H groups in total. The van der Waals surface area contributed by atoms with Crippen molar-refractivity contribution < 1.29 is 22.6 Å². The smallest absolute Gasteiger partial charge is 0.422 e. The summed E-state index contributed by atoms with van der Waals surface area (Å²) in [6.07, 6.45) is -3.36. The van der Waals surface area contributed by atoms with E-state index in [-0.39, 0.29) is 11.5 Å². The minimum atomic E-state index is -4.39. The van der Waals surface area contributed by atoms with E-state index in [0.29, 0.717) is 18.4 Å². The van der Waals surface area contributed by atoms with Gasteiger partial charge < -0.3 is 20.1 Å². The fourth-order valence-electron chi connectivity index (χ4n) is 2.08. The van der Waals surface area contributed by atoms with Gasteiger partial charge in [-0.25, -0.2) is 4.99 Å². The summed E-state index contributed by atoms with van der Waals surface area (Å²) in [5.41, 5.74) is 0.808. The molecule has 5 nitrogen and oxygen atoms in total. The van der Waals surface area contributed by atoms with E-state index in [9.17, 15) is 13.2 Å². The SMILES string of the molecule is CCNC(=NCc1ccc(OCC(F)(F)F)c(OC)c1)NCCC(C)C. The highest BCUT2D eigenvalue weighted by atomic mass is 19.4. The van der Waals surface area contributed by atoms with Gasteiger partial charge in [-0.3, -0.25) is 0 Å². The maximum absolute atomic E-state index is 12.3. The van der Waals surface area contributed by atoms with Crippen LogP contribution in [0.4, 0.5) is 13.2 Å². The van der Waals surface area contributed by atoms with Crippen molar-refractivity contribution in [2.24, 2.45) is 10.9 Å². The molecule has 0 aromatic heterocycles. The fourth-order valence-corrected chi connectivity index (χ4v) is 2.08.